The summed E-state index contributed by atoms with van der Waals surface area (Å²) >= 11 is 0. The van der Waals surface area contributed by atoms with Crippen LogP contribution in [0.15, 0.2) is 54.6 Å². The minimum Gasteiger partial charge on any atom is -0.452 e. The van der Waals surface area contributed by atoms with Crippen molar-refractivity contribution in [2.45, 2.75) is 19.5 Å². The largest absolute Gasteiger partial charge is 0.452 e. The van der Waals surface area contributed by atoms with Crippen LogP contribution in [0.1, 0.15) is 16.8 Å². The molecule has 0 radical (unpaired) electrons. The second-order valence-corrected chi connectivity index (χ2v) is 6.88. The molecule has 1 aliphatic rings. The van der Waals surface area contributed by atoms with E-state index in [4.69, 9.17) is 9.72 Å². The highest BCUT2D eigenvalue weighted by Crippen LogP contribution is 2.35. The summed E-state index contributed by atoms with van der Waals surface area (Å²) in [6.45, 7) is 2.60. The van der Waals surface area contributed by atoms with Gasteiger partial charge in [-0.05, 0) is 11.6 Å². The number of pyridine rings is 1. The summed E-state index contributed by atoms with van der Waals surface area (Å²) in [6.07, 6.45) is 0.503. The lowest BCUT2D eigenvalue weighted by molar-refractivity contribution is 0.180. The van der Waals surface area contributed by atoms with E-state index in [9.17, 15) is 4.79 Å². The Morgan fingerprint density at radius 3 is 2.67 bits per heavy atom. The van der Waals surface area contributed by atoms with E-state index in [0.29, 0.717) is 0 Å². The lowest BCUT2D eigenvalue weighted by atomic mass is 9.99. The maximum Gasteiger partial charge on any atom is 0.413 e. The number of fused-ring (bicyclic) bond motifs is 2. The van der Waals surface area contributed by atoms with Gasteiger partial charge in [-0.2, -0.15) is 0 Å². The van der Waals surface area contributed by atoms with Crippen molar-refractivity contribution in [2.75, 3.05) is 25.6 Å². The Bertz CT molecular complexity index is 972. The van der Waals surface area contributed by atoms with Gasteiger partial charge in [0, 0.05) is 49.7 Å². The second kappa shape index (κ2) is 7.37. The predicted molar refractivity (Wildman–Crippen MR) is 107 cm³/mol. The molecule has 0 aliphatic carbocycles. The first-order valence-electron chi connectivity index (χ1n) is 9.16. The number of hydrogen-bond acceptors (Lipinski definition) is 4. The van der Waals surface area contributed by atoms with E-state index < -0.39 is 0 Å². The minimum absolute atomic E-state index is 0.367. The number of para-hydroxylation sites is 1. The van der Waals surface area contributed by atoms with E-state index in [-0.39, 0.29) is 6.09 Å². The summed E-state index contributed by atoms with van der Waals surface area (Å²) in [5.74, 6) is 0. The summed E-state index contributed by atoms with van der Waals surface area (Å²) in [5.41, 5.74) is 5.30. The SMILES string of the molecule is COC(=O)N(C)c1c2c(nc3ccccc13)CCN(Cc1ccccc1)C2. The highest BCUT2D eigenvalue weighted by atomic mass is 16.5. The van der Waals surface area contributed by atoms with Crippen LogP contribution in [0, 0.1) is 0 Å². The van der Waals surface area contributed by atoms with Crippen LogP contribution >= 0.6 is 0 Å². The standard InChI is InChI=1S/C22H23N3O2/c1-24(22(26)27-2)21-17-10-6-7-11-19(17)23-20-12-13-25(15-18(20)21)14-16-8-4-3-5-9-16/h3-11H,12-15H2,1-2H3. The molecule has 0 N–H and O–H groups in total. The van der Waals surface area contributed by atoms with Crippen molar-refractivity contribution in [2.24, 2.45) is 0 Å². The minimum atomic E-state index is -0.367. The summed E-state index contributed by atoms with van der Waals surface area (Å²) in [6, 6.07) is 18.5. The second-order valence-electron chi connectivity index (χ2n) is 6.88. The fourth-order valence-corrected chi connectivity index (χ4v) is 3.81. The van der Waals surface area contributed by atoms with Gasteiger partial charge >= 0.3 is 6.09 Å². The zero-order valence-electron chi connectivity index (χ0n) is 15.7. The Labute approximate surface area is 159 Å². The van der Waals surface area contributed by atoms with E-state index >= 15 is 0 Å². The van der Waals surface area contributed by atoms with Crippen molar-refractivity contribution in [3.05, 3.63) is 71.4 Å². The van der Waals surface area contributed by atoms with E-state index in [1.165, 1.54) is 12.7 Å². The van der Waals surface area contributed by atoms with E-state index in [1.807, 2.05) is 30.3 Å². The molecule has 3 aromatic rings. The van der Waals surface area contributed by atoms with Gasteiger partial charge in [-0.15, -0.1) is 0 Å². The monoisotopic (exact) mass is 361 g/mol. The maximum absolute atomic E-state index is 12.3. The molecule has 2 heterocycles. The van der Waals surface area contributed by atoms with Crippen LogP contribution in [0.4, 0.5) is 10.5 Å². The number of hydrogen-bond donors (Lipinski definition) is 0. The summed E-state index contributed by atoms with van der Waals surface area (Å²) in [5, 5.41) is 0.978. The first kappa shape index (κ1) is 17.5. The molecule has 5 heteroatoms. The Hall–Kier alpha value is -2.92. The smallest absolute Gasteiger partial charge is 0.413 e. The van der Waals surface area contributed by atoms with Crippen molar-refractivity contribution in [1.82, 2.24) is 9.88 Å². The van der Waals surface area contributed by atoms with Gasteiger partial charge in [0.2, 0.25) is 0 Å². The molecular formula is C22H23N3O2. The molecule has 1 aromatic heterocycles. The molecule has 0 saturated carbocycles. The van der Waals surface area contributed by atoms with Gasteiger partial charge in [-0.25, -0.2) is 4.79 Å². The first-order valence-corrected chi connectivity index (χ1v) is 9.16. The predicted octanol–water partition coefficient (Wildman–Crippen LogP) is 4.00. The molecule has 4 rings (SSSR count). The molecular weight excluding hydrogens is 338 g/mol. The average Bonchev–Trinajstić information content (AvgIpc) is 2.71. The molecule has 5 nitrogen and oxygen atoms in total. The van der Waals surface area contributed by atoms with Crippen molar-refractivity contribution in [1.29, 1.82) is 0 Å². The fourth-order valence-electron chi connectivity index (χ4n) is 3.81. The zero-order valence-corrected chi connectivity index (χ0v) is 15.7. The van der Waals surface area contributed by atoms with Gasteiger partial charge in [-0.1, -0.05) is 48.5 Å². The van der Waals surface area contributed by atoms with Crippen molar-refractivity contribution >= 4 is 22.7 Å². The van der Waals surface area contributed by atoms with Gasteiger partial charge < -0.3 is 4.74 Å². The molecule has 1 aliphatic heterocycles. The Morgan fingerprint density at radius 2 is 1.89 bits per heavy atom. The molecule has 0 atom stereocenters. The molecule has 1 amide bonds. The van der Waals surface area contributed by atoms with Crippen LogP contribution in [-0.4, -0.2) is 36.7 Å². The molecule has 0 bridgehead atoms. The van der Waals surface area contributed by atoms with Crippen molar-refractivity contribution < 1.29 is 9.53 Å². The van der Waals surface area contributed by atoms with E-state index in [2.05, 4.69) is 29.2 Å². The highest BCUT2D eigenvalue weighted by Gasteiger charge is 2.26. The van der Waals surface area contributed by atoms with Gasteiger partial charge in [0.15, 0.2) is 0 Å². The number of ether oxygens (including phenoxy) is 1. The zero-order chi connectivity index (χ0) is 18.8. The lowest BCUT2D eigenvalue weighted by Crippen LogP contribution is -2.34. The number of aromatic nitrogens is 1. The van der Waals surface area contributed by atoms with Crippen LogP contribution in [0.3, 0.4) is 0 Å². The molecule has 27 heavy (non-hydrogen) atoms. The quantitative estimate of drug-likeness (QED) is 0.707. The summed E-state index contributed by atoms with van der Waals surface area (Å²) in [4.78, 5) is 21.2. The fraction of sp³-hybridized carbons (Fsp3) is 0.273. The van der Waals surface area contributed by atoms with Crippen LogP contribution in [0.5, 0.6) is 0 Å². The number of carbonyl (C=O) groups excluding carboxylic acids is 1. The topological polar surface area (TPSA) is 45.7 Å². The van der Waals surface area contributed by atoms with Gasteiger partial charge in [0.1, 0.15) is 0 Å². The third kappa shape index (κ3) is 3.38. The van der Waals surface area contributed by atoms with Crippen LogP contribution in [0.25, 0.3) is 10.9 Å². The third-order valence-corrected chi connectivity index (χ3v) is 5.13. The van der Waals surface area contributed by atoms with E-state index in [0.717, 1.165) is 53.9 Å². The molecule has 138 valence electrons. The molecule has 0 spiro atoms. The number of nitrogens with zero attached hydrogens (tertiary/aromatic N) is 3. The molecule has 0 fully saturated rings. The Morgan fingerprint density at radius 1 is 1.15 bits per heavy atom. The average molecular weight is 361 g/mol. The first-order chi connectivity index (χ1) is 13.2. The van der Waals surface area contributed by atoms with Gasteiger partial charge in [0.25, 0.3) is 0 Å². The van der Waals surface area contributed by atoms with Crippen LogP contribution in [0.2, 0.25) is 0 Å². The number of benzene rings is 2. The number of carbonyl (C=O) groups is 1. The number of methoxy groups -OCH3 is 1. The number of anilines is 1. The van der Waals surface area contributed by atoms with Gasteiger partial charge in [0.05, 0.1) is 18.3 Å². The molecule has 0 saturated heterocycles. The summed E-state index contributed by atoms with van der Waals surface area (Å²) < 4.78 is 4.98. The lowest BCUT2D eigenvalue weighted by Gasteiger charge is -2.32. The number of rotatable bonds is 3. The van der Waals surface area contributed by atoms with E-state index in [1.54, 1.807) is 11.9 Å². The Kier molecular flexibility index (Phi) is 4.77. The van der Waals surface area contributed by atoms with Crippen molar-refractivity contribution in [3.63, 3.8) is 0 Å². The molecule has 0 unspecified atom stereocenters. The third-order valence-electron chi connectivity index (χ3n) is 5.13. The van der Waals surface area contributed by atoms with Crippen molar-refractivity contribution in [3.8, 4) is 0 Å². The molecule has 2 aromatic carbocycles. The highest BCUT2D eigenvalue weighted by molar-refractivity contribution is 6.01. The van der Waals surface area contributed by atoms with Crippen LogP contribution < -0.4 is 4.90 Å². The Balaban J connectivity index is 1.76. The normalized spacial score (nSPS) is 14.0. The summed E-state index contributed by atoms with van der Waals surface area (Å²) in [7, 11) is 3.18. The van der Waals surface area contributed by atoms with Crippen LogP contribution in [-0.2, 0) is 24.2 Å². The maximum atomic E-state index is 12.3. The number of amides is 1. The van der Waals surface area contributed by atoms with Gasteiger partial charge in [-0.3, -0.25) is 14.8 Å².